The van der Waals surface area contributed by atoms with Gasteiger partial charge in [0, 0.05) is 5.56 Å². The molecule has 32 heavy (non-hydrogen) atoms. The minimum absolute atomic E-state index is 0.193. The molecule has 0 saturated heterocycles. The molecule has 0 aliphatic carbocycles. The summed E-state index contributed by atoms with van der Waals surface area (Å²) in [6.45, 7) is 3.79. The lowest BCUT2D eigenvalue weighted by Crippen LogP contribution is -2.02. The van der Waals surface area contributed by atoms with E-state index in [1.165, 1.54) is 7.11 Å². The normalized spacial score (nSPS) is 14.8. The molecular weight excluding hydrogens is 435 g/mol. The van der Waals surface area contributed by atoms with Gasteiger partial charge in [0.15, 0.2) is 11.5 Å². The molecule has 0 amide bonds. The number of methoxy groups -OCH3 is 2. The first-order valence-corrected chi connectivity index (χ1v) is 11.4. The fourth-order valence-electron chi connectivity index (χ4n) is 2.96. The molecular formula is C23H25O8P. The standard InChI is InChI=1S/C23H25O8P/c1-5-28-32(25,29-6-2)31-19-10-7-16(8-11-19)13-18-15-21(30-23(18)24)17-9-12-20(26-3)22(14-17)27-4/h7-15H,5-6H2,1-4H3/b18-13+. The molecule has 0 spiro atoms. The molecule has 3 rings (SSSR count). The quantitative estimate of drug-likeness (QED) is 0.270. The van der Waals surface area contributed by atoms with Gasteiger partial charge >= 0.3 is 13.8 Å². The van der Waals surface area contributed by atoms with Crippen LogP contribution in [0.3, 0.4) is 0 Å². The number of rotatable bonds is 10. The molecule has 0 atom stereocenters. The summed E-state index contributed by atoms with van der Waals surface area (Å²) in [6, 6.07) is 12.0. The second kappa shape index (κ2) is 10.5. The van der Waals surface area contributed by atoms with Crippen molar-refractivity contribution in [2.45, 2.75) is 13.8 Å². The van der Waals surface area contributed by atoms with Crippen LogP contribution in [0.1, 0.15) is 25.0 Å². The number of phosphoric ester groups is 1. The average molecular weight is 460 g/mol. The van der Waals surface area contributed by atoms with Gasteiger partial charge in [-0.05, 0) is 61.9 Å². The molecule has 0 bridgehead atoms. The molecule has 8 nitrogen and oxygen atoms in total. The number of esters is 1. The Morgan fingerprint density at radius 1 is 0.938 bits per heavy atom. The third-order valence-corrected chi connectivity index (χ3v) is 5.97. The Bertz CT molecular complexity index is 1060. The van der Waals surface area contributed by atoms with Crippen molar-refractivity contribution >= 4 is 25.6 Å². The molecule has 1 aliphatic heterocycles. The van der Waals surface area contributed by atoms with Gasteiger partial charge in [0.25, 0.3) is 0 Å². The maximum Gasteiger partial charge on any atom is 0.530 e. The van der Waals surface area contributed by atoms with E-state index in [0.717, 1.165) is 5.56 Å². The van der Waals surface area contributed by atoms with Gasteiger partial charge in [-0.3, -0.25) is 9.05 Å². The van der Waals surface area contributed by atoms with E-state index in [4.69, 9.17) is 27.8 Å². The van der Waals surface area contributed by atoms with Gasteiger partial charge in [-0.15, -0.1) is 0 Å². The predicted molar refractivity (Wildman–Crippen MR) is 120 cm³/mol. The highest BCUT2D eigenvalue weighted by atomic mass is 31.2. The summed E-state index contributed by atoms with van der Waals surface area (Å²) in [5, 5.41) is 0. The van der Waals surface area contributed by atoms with Crippen LogP contribution in [0.25, 0.3) is 11.8 Å². The molecule has 1 heterocycles. The smallest absolute Gasteiger partial charge is 0.493 e. The molecule has 0 saturated carbocycles. The van der Waals surface area contributed by atoms with Gasteiger partial charge in [0.2, 0.25) is 0 Å². The molecule has 0 fully saturated rings. The Morgan fingerprint density at radius 3 is 2.19 bits per heavy atom. The number of benzene rings is 2. The van der Waals surface area contributed by atoms with E-state index in [1.54, 1.807) is 75.6 Å². The van der Waals surface area contributed by atoms with Crippen LogP contribution < -0.4 is 14.0 Å². The summed E-state index contributed by atoms with van der Waals surface area (Å²) >= 11 is 0. The van der Waals surface area contributed by atoms with Crippen molar-refractivity contribution in [1.82, 2.24) is 0 Å². The molecule has 1 aliphatic rings. The fraction of sp³-hybridized carbons (Fsp3) is 0.261. The lowest BCUT2D eigenvalue weighted by Gasteiger charge is -2.16. The maximum atomic E-state index is 12.5. The van der Waals surface area contributed by atoms with E-state index >= 15 is 0 Å². The second-order valence-corrected chi connectivity index (χ2v) is 8.10. The van der Waals surface area contributed by atoms with Gasteiger partial charge < -0.3 is 18.7 Å². The van der Waals surface area contributed by atoms with E-state index in [-0.39, 0.29) is 13.2 Å². The molecule has 2 aromatic rings. The van der Waals surface area contributed by atoms with Crippen molar-refractivity contribution < 1.29 is 37.1 Å². The zero-order valence-corrected chi connectivity index (χ0v) is 19.2. The van der Waals surface area contributed by atoms with Crippen molar-refractivity contribution in [1.29, 1.82) is 0 Å². The monoisotopic (exact) mass is 460 g/mol. The first kappa shape index (κ1) is 23.6. The van der Waals surface area contributed by atoms with E-state index in [0.29, 0.717) is 34.1 Å². The van der Waals surface area contributed by atoms with Gasteiger partial charge in [0.05, 0.1) is 33.0 Å². The Balaban J connectivity index is 1.79. The van der Waals surface area contributed by atoms with Crippen LogP contribution in [0.15, 0.2) is 54.1 Å². The van der Waals surface area contributed by atoms with Crippen LogP contribution in [0, 0.1) is 0 Å². The predicted octanol–water partition coefficient (Wildman–Crippen LogP) is 5.25. The van der Waals surface area contributed by atoms with Crippen molar-refractivity contribution in [3.8, 4) is 17.2 Å². The fourth-order valence-corrected chi connectivity index (χ4v) is 4.15. The number of hydrogen-bond donors (Lipinski definition) is 0. The van der Waals surface area contributed by atoms with Crippen LogP contribution in [-0.2, 0) is 23.1 Å². The van der Waals surface area contributed by atoms with E-state index in [1.807, 2.05) is 0 Å². The minimum atomic E-state index is -3.67. The summed E-state index contributed by atoms with van der Waals surface area (Å²) in [5.74, 6) is 1.39. The van der Waals surface area contributed by atoms with Crippen molar-refractivity contribution in [3.05, 3.63) is 65.2 Å². The lowest BCUT2D eigenvalue weighted by molar-refractivity contribution is -0.130. The molecule has 170 valence electrons. The SMILES string of the molecule is CCOP(=O)(OCC)Oc1ccc(/C=C2\C=C(c3ccc(OC)c(OC)c3)OC2=O)cc1. The summed E-state index contributed by atoms with van der Waals surface area (Å²) in [4.78, 5) is 12.3. The van der Waals surface area contributed by atoms with Gasteiger partial charge in [-0.2, -0.15) is 0 Å². The molecule has 0 unspecified atom stereocenters. The number of phosphoric acid groups is 1. The average Bonchev–Trinajstić information content (AvgIpc) is 3.15. The zero-order chi connectivity index (χ0) is 23.1. The number of carbonyl (C=O) groups excluding carboxylic acids is 1. The van der Waals surface area contributed by atoms with Crippen LogP contribution in [-0.4, -0.2) is 33.4 Å². The highest BCUT2D eigenvalue weighted by molar-refractivity contribution is 7.48. The van der Waals surface area contributed by atoms with E-state index < -0.39 is 13.8 Å². The van der Waals surface area contributed by atoms with Crippen molar-refractivity contribution in [2.75, 3.05) is 27.4 Å². The van der Waals surface area contributed by atoms with Crippen molar-refractivity contribution in [2.24, 2.45) is 0 Å². The van der Waals surface area contributed by atoms with E-state index in [2.05, 4.69) is 0 Å². The first-order valence-electron chi connectivity index (χ1n) is 9.98. The Hall–Kier alpha value is -3.06. The molecule has 0 radical (unpaired) electrons. The largest absolute Gasteiger partial charge is 0.530 e. The van der Waals surface area contributed by atoms with Crippen molar-refractivity contribution in [3.63, 3.8) is 0 Å². The third-order valence-electron chi connectivity index (χ3n) is 4.39. The van der Waals surface area contributed by atoms with Gasteiger partial charge in [0.1, 0.15) is 11.5 Å². The maximum absolute atomic E-state index is 12.5. The highest BCUT2D eigenvalue weighted by Crippen LogP contribution is 2.49. The number of cyclic esters (lactones) is 1. The summed E-state index contributed by atoms with van der Waals surface area (Å²) in [7, 11) is -0.578. The zero-order valence-electron chi connectivity index (χ0n) is 18.3. The van der Waals surface area contributed by atoms with Crippen LogP contribution in [0.2, 0.25) is 0 Å². The second-order valence-electron chi connectivity index (χ2n) is 6.51. The van der Waals surface area contributed by atoms with Crippen LogP contribution >= 0.6 is 7.82 Å². The summed E-state index contributed by atoms with van der Waals surface area (Å²) in [5.41, 5.74) is 1.81. The van der Waals surface area contributed by atoms with Crippen LogP contribution in [0.5, 0.6) is 17.2 Å². The Labute approximate surface area is 187 Å². The number of ether oxygens (including phenoxy) is 3. The highest BCUT2D eigenvalue weighted by Gasteiger charge is 2.27. The van der Waals surface area contributed by atoms with Gasteiger partial charge in [-0.1, -0.05) is 12.1 Å². The summed E-state index contributed by atoms with van der Waals surface area (Å²) in [6.07, 6.45) is 3.34. The molecule has 9 heteroatoms. The molecule has 0 N–H and O–H groups in total. The van der Waals surface area contributed by atoms with Gasteiger partial charge in [-0.25, -0.2) is 9.36 Å². The number of hydrogen-bond acceptors (Lipinski definition) is 8. The minimum Gasteiger partial charge on any atom is -0.493 e. The van der Waals surface area contributed by atoms with Crippen LogP contribution in [0.4, 0.5) is 0 Å². The number of carbonyl (C=O) groups is 1. The summed E-state index contributed by atoms with van der Waals surface area (Å²) < 4.78 is 44.1. The Morgan fingerprint density at radius 2 is 1.59 bits per heavy atom. The topological polar surface area (TPSA) is 89.5 Å². The Kier molecular flexibility index (Phi) is 7.75. The first-order chi connectivity index (χ1) is 15.4. The van der Waals surface area contributed by atoms with E-state index in [9.17, 15) is 9.36 Å². The lowest BCUT2D eigenvalue weighted by atomic mass is 10.1. The molecule has 0 aromatic heterocycles. The molecule has 2 aromatic carbocycles. The third kappa shape index (κ3) is 5.59.